The third-order valence-corrected chi connectivity index (χ3v) is 15.7. The number of hydrogen-bond acceptors (Lipinski definition) is 12. The van der Waals surface area contributed by atoms with Crippen molar-refractivity contribution >= 4 is 23.6 Å². The standard InChI is InChI=1S/C50H65NO13/c1-23-13-12-14-24(2)37-27(5)18-31-34(63-46-42(55)49(10,60)39(29(7)62-46)51-43(56)35-26(4)17-30(61-11)19-33(35)52)16-15-25(3)38(31)48(37,9)40(53)36-41(54)50(64-45(36)59)21-28(6)32(44(57)58)22-47(50,8)20-23/h14,17-20,22,25,28-29,31,34,37-39,42,46,52-53,55,60H,12-13,15-16,21H2,1-11H3,(H,51,56)(H,57,58)/b23-20-,24-14-,40-36?/t25-,28+,29-,31+,34+,37-,38+,39+,42-,46+,47+,48+,49+,50-/m0/s1. The number of carboxylic acid groups (broad SMARTS) is 1. The quantitative estimate of drug-likeness (QED) is 0.0995. The summed E-state index contributed by atoms with van der Waals surface area (Å²) in [5, 5.41) is 60.3. The number of amides is 1. The van der Waals surface area contributed by atoms with Crippen LogP contribution in [-0.4, -0.2) is 98.1 Å². The molecule has 0 radical (unpaired) electrons. The summed E-state index contributed by atoms with van der Waals surface area (Å²) >= 11 is 0. The van der Waals surface area contributed by atoms with Crippen LogP contribution in [0.2, 0.25) is 0 Å². The van der Waals surface area contributed by atoms with Gasteiger partial charge in [-0.1, -0.05) is 61.8 Å². The lowest BCUT2D eigenvalue weighted by atomic mass is 9.49. The average Bonchev–Trinajstić information content (AvgIpc) is 3.45. The van der Waals surface area contributed by atoms with Gasteiger partial charge in [0, 0.05) is 35.3 Å². The second-order valence-corrected chi connectivity index (χ2v) is 20.2. The summed E-state index contributed by atoms with van der Waals surface area (Å²) in [5.74, 6) is -5.78. The second kappa shape index (κ2) is 16.6. The predicted molar refractivity (Wildman–Crippen MR) is 235 cm³/mol. The maximum Gasteiger partial charge on any atom is 0.346 e. The molecule has 6 N–H and O–H groups in total. The molecule has 2 aliphatic heterocycles. The third-order valence-electron chi connectivity index (χ3n) is 15.7. The lowest BCUT2D eigenvalue weighted by Crippen LogP contribution is -2.70. The molecule has 64 heavy (non-hydrogen) atoms. The normalized spacial score (nSPS) is 41.7. The number of carbonyl (C=O) groups is 4. The monoisotopic (exact) mass is 887 g/mol. The van der Waals surface area contributed by atoms with E-state index in [1.165, 1.54) is 20.1 Å². The first-order valence-corrected chi connectivity index (χ1v) is 22.5. The molecule has 0 unspecified atom stereocenters. The maximum absolute atomic E-state index is 15.2. The summed E-state index contributed by atoms with van der Waals surface area (Å²) in [6.07, 6.45) is 5.40. The molecular weight excluding hydrogens is 823 g/mol. The van der Waals surface area contributed by atoms with E-state index in [-0.39, 0.29) is 35.0 Å². The van der Waals surface area contributed by atoms with E-state index in [0.717, 1.165) is 16.7 Å². The zero-order chi connectivity index (χ0) is 47.2. The number of aliphatic hydroxyl groups excluding tert-OH is 2. The Morgan fingerprint density at radius 3 is 2.30 bits per heavy atom. The number of allylic oxidation sites excluding steroid dienone is 5. The number of rotatable bonds is 6. The molecule has 6 aliphatic rings. The number of aliphatic carboxylic acids is 1. The van der Waals surface area contributed by atoms with E-state index in [1.807, 2.05) is 33.8 Å². The van der Waals surface area contributed by atoms with Crippen molar-refractivity contribution in [3.05, 3.63) is 81.2 Å². The van der Waals surface area contributed by atoms with Crippen LogP contribution >= 0.6 is 0 Å². The number of methoxy groups -OCH3 is 1. The molecule has 3 fully saturated rings. The Kier molecular flexibility index (Phi) is 12.2. The minimum Gasteiger partial charge on any atom is -0.511 e. The summed E-state index contributed by atoms with van der Waals surface area (Å²) < 4.78 is 24.4. The van der Waals surface area contributed by atoms with E-state index in [1.54, 1.807) is 39.8 Å². The molecule has 1 aromatic carbocycles. The first-order chi connectivity index (χ1) is 29.8. The molecule has 2 saturated heterocycles. The van der Waals surface area contributed by atoms with Crippen LogP contribution in [0.5, 0.6) is 11.5 Å². The Morgan fingerprint density at radius 2 is 1.66 bits per heavy atom. The summed E-state index contributed by atoms with van der Waals surface area (Å²) in [7, 11) is 1.44. The van der Waals surface area contributed by atoms with Crippen molar-refractivity contribution in [1.82, 2.24) is 5.32 Å². The van der Waals surface area contributed by atoms with Crippen molar-refractivity contribution in [1.29, 1.82) is 0 Å². The van der Waals surface area contributed by atoms with Crippen LogP contribution in [0.25, 0.3) is 0 Å². The minimum atomic E-state index is -1.97. The number of aromatic hydroxyl groups is 1. The summed E-state index contributed by atoms with van der Waals surface area (Å²) in [4.78, 5) is 55.6. The fourth-order valence-electron chi connectivity index (χ4n) is 12.7. The Balaban J connectivity index is 1.26. The van der Waals surface area contributed by atoms with E-state index < -0.39 is 106 Å². The molecule has 14 atom stereocenters. The van der Waals surface area contributed by atoms with Gasteiger partial charge in [0.2, 0.25) is 5.78 Å². The number of carboxylic acids is 1. The second-order valence-electron chi connectivity index (χ2n) is 20.2. The highest BCUT2D eigenvalue weighted by atomic mass is 16.7. The number of carbonyl (C=O) groups excluding carboxylic acids is 3. The number of benzene rings is 1. The van der Waals surface area contributed by atoms with E-state index in [4.69, 9.17) is 18.9 Å². The Hall–Kier alpha value is -4.76. The van der Waals surface area contributed by atoms with Gasteiger partial charge in [0.05, 0.1) is 36.3 Å². The number of ketones is 1. The Morgan fingerprint density at radius 1 is 0.969 bits per heavy atom. The molecule has 14 nitrogen and oxygen atoms in total. The van der Waals surface area contributed by atoms with Gasteiger partial charge in [0.15, 0.2) is 11.9 Å². The van der Waals surface area contributed by atoms with Crippen LogP contribution < -0.4 is 10.1 Å². The van der Waals surface area contributed by atoms with Gasteiger partial charge in [-0.3, -0.25) is 9.59 Å². The van der Waals surface area contributed by atoms with E-state index in [9.17, 15) is 39.9 Å². The number of esters is 1. The Bertz CT molecular complexity index is 2280. The summed E-state index contributed by atoms with van der Waals surface area (Å²) in [6.45, 7) is 18.0. The number of aliphatic hydroxyl groups is 3. The predicted octanol–water partition coefficient (Wildman–Crippen LogP) is 6.71. The van der Waals surface area contributed by atoms with Crippen molar-refractivity contribution in [2.24, 2.45) is 40.4 Å². The molecule has 2 bridgehead atoms. The van der Waals surface area contributed by atoms with E-state index in [0.29, 0.717) is 37.0 Å². The number of phenols is 1. The fourth-order valence-corrected chi connectivity index (χ4v) is 12.7. The SMILES string of the molecule is COc1cc(C)c(C(=O)N[C@@H]2[C@H](C)O[C@H](O[C@@H]3CC[C@H](C)[C@@H]4[C@@H]3C=C(C)[C@@H]3/C(C)=C\CC/C(C)=C\[C@]5(C)C=C(C(=O)O)[C@H](C)C[C@@]56OC(=O)C(=C(O)[C@@]43C)C6=O)[C@H](O)[C@]2(C)O)c(O)c1. The number of fused-ring (bicyclic) bond motifs is 4. The molecule has 348 valence electrons. The topological polar surface area (TPSA) is 218 Å². The van der Waals surface area contributed by atoms with Gasteiger partial charge in [0.25, 0.3) is 5.91 Å². The van der Waals surface area contributed by atoms with Crippen molar-refractivity contribution in [3.63, 3.8) is 0 Å². The molecule has 1 aromatic rings. The van der Waals surface area contributed by atoms with Gasteiger partial charge >= 0.3 is 11.9 Å². The third kappa shape index (κ3) is 7.32. The highest BCUT2D eigenvalue weighted by molar-refractivity contribution is 6.26. The van der Waals surface area contributed by atoms with Crippen molar-refractivity contribution < 1.29 is 63.7 Å². The molecule has 2 heterocycles. The van der Waals surface area contributed by atoms with Crippen LogP contribution in [0.15, 0.2) is 70.1 Å². The first-order valence-electron chi connectivity index (χ1n) is 22.5. The molecule has 1 spiro atoms. The number of nitrogens with one attached hydrogen (secondary N) is 1. The van der Waals surface area contributed by atoms with Gasteiger partial charge in [-0.05, 0) is 104 Å². The van der Waals surface area contributed by atoms with Crippen molar-refractivity contribution in [2.75, 3.05) is 7.11 Å². The summed E-state index contributed by atoms with van der Waals surface area (Å²) in [6, 6.07) is 1.78. The van der Waals surface area contributed by atoms with Crippen LogP contribution in [-0.2, 0) is 28.6 Å². The molecule has 14 heteroatoms. The van der Waals surface area contributed by atoms with Crippen molar-refractivity contribution in [2.45, 2.75) is 143 Å². The highest BCUT2D eigenvalue weighted by Gasteiger charge is 2.67. The fraction of sp³-hybridized carbons (Fsp3) is 0.600. The van der Waals surface area contributed by atoms with Gasteiger partial charge in [-0.15, -0.1) is 0 Å². The molecule has 0 aromatic heterocycles. The van der Waals surface area contributed by atoms with Gasteiger partial charge in [-0.25, -0.2) is 9.59 Å². The molecule has 1 amide bonds. The van der Waals surface area contributed by atoms with Crippen LogP contribution in [0, 0.1) is 47.3 Å². The molecule has 1 saturated carbocycles. The zero-order valence-corrected chi connectivity index (χ0v) is 38.8. The average molecular weight is 888 g/mol. The van der Waals surface area contributed by atoms with Gasteiger partial charge in [0.1, 0.15) is 34.5 Å². The minimum absolute atomic E-state index is 0.0168. The lowest BCUT2D eigenvalue weighted by molar-refractivity contribution is -0.315. The number of Topliss-reactive ketones (excluding diaryl/α,β-unsaturated/α-hetero) is 1. The molecular formula is C50H65NO13. The van der Waals surface area contributed by atoms with Crippen LogP contribution in [0.3, 0.4) is 0 Å². The van der Waals surface area contributed by atoms with E-state index >= 15 is 4.79 Å². The lowest BCUT2D eigenvalue weighted by Gasteiger charge is -2.57. The number of ether oxygens (including phenoxy) is 4. The summed E-state index contributed by atoms with van der Waals surface area (Å²) in [5.41, 5.74) is -3.52. The number of aryl methyl sites for hydroxylation is 1. The van der Waals surface area contributed by atoms with Gasteiger partial charge < -0.3 is 49.8 Å². The molecule has 7 rings (SSSR count). The van der Waals surface area contributed by atoms with Crippen molar-refractivity contribution in [3.8, 4) is 11.5 Å². The molecule has 4 aliphatic carbocycles. The first kappa shape index (κ1) is 47.2. The maximum atomic E-state index is 15.2. The van der Waals surface area contributed by atoms with E-state index in [2.05, 4.69) is 24.4 Å². The van der Waals surface area contributed by atoms with Gasteiger partial charge in [-0.2, -0.15) is 0 Å². The smallest absolute Gasteiger partial charge is 0.346 e. The zero-order valence-electron chi connectivity index (χ0n) is 38.8. The largest absolute Gasteiger partial charge is 0.511 e. The van der Waals surface area contributed by atoms with Crippen LogP contribution in [0.4, 0.5) is 0 Å². The van der Waals surface area contributed by atoms with Crippen LogP contribution in [0.1, 0.15) is 110 Å². The number of phenolic OH excluding ortho intramolecular Hbond substituents is 1. The highest BCUT2D eigenvalue weighted by Crippen LogP contribution is 2.62. The Labute approximate surface area is 375 Å². The number of hydrogen-bond donors (Lipinski definition) is 6.